The molecule has 0 aromatic heterocycles. The van der Waals surface area contributed by atoms with Crippen LogP contribution in [0.25, 0.3) is 6.08 Å². The number of ether oxygens (including phenoxy) is 3. The molecule has 0 spiro atoms. The molecule has 1 heterocycles. The lowest BCUT2D eigenvalue weighted by Gasteiger charge is -2.09. The first-order valence-electron chi connectivity index (χ1n) is 8.04. The normalized spacial score (nSPS) is 15.2. The highest BCUT2D eigenvalue weighted by molar-refractivity contribution is 6.12. The van der Waals surface area contributed by atoms with Crippen molar-refractivity contribution in [1.82, 2.24) is 0 Å². The van der Waals surface area contributed by atoms with Gasteiger partial charge in [0.1, 0.15) is 5.75 Å². The monoisotopic (exact) mass is 337 g/mol. The zero-order valence-electron chi connectivity index (χ0n) is 14.2. The highest BCUT2D eigenvalue weighted by Gasteiger charge is 2.24. The quantitative estimate of drug-likeness (QED) is 0.597. The third-order valence-electron chi connectivity index (χ3n) is 3.62. The van der Waals surface area contributed by atoms with E-state index in [1.54, 1.807) is 13.2 Å². The predicted octanol–water partition coefficient (Wildman–Crippen LogP) is 3.58. The fourth-order valence-electron chi connectivity index (χ4n) is 2.51. The minimum absolute atomic E-state index is 0.245. The van der Waals surface area contributed by atoms with E-state index in [4.69, 9.17) is 14.2 Å². The van der Waals surface area contributed by atoms with Gasteiger partial charge in [-0.25, -0.2) is 9.79 Å². The zero-order chi connectivity index (χ0) is 17.6. The largest absolute Gasteiger partial charge is 0.493 e. The summed E-state index contributed by atoms with van der Waals surface area (Å²) in [6, 6.07) is 15.1. The summed E-state index contributed by atoms with van der Waals surface area (Å²) in [5.74, 6) is 0.521. The van der Waals surface area contributed by atoms with Crippen molar-refractivity contribution in [3.63, 3.8) is 0 Å². The summed E-state index contributed by atoms with van der Waals surface area (Å²) >= 11 is 0. The summed E-state index contributed by atoms with van der Waals surface area (Å²) in [6.45, 7) is 2.92. The smallest absolute Gasteiger partial charge is 0.363 e. The molecule has 128 valence electrons. The summed E-state index contributed by atoms with van der Waals surface area (Å²) in [5, 5.41) is 0. The van der Waals surface area contributed by atoms with Gasteiger partial charge in [-0.1, -0.05) is 24.3 Å². The van der Waals surface area contributed by atoms with Gasteiger partial charge in [-0.15, -0.1) is 0 Å². The van der Waals surface area contributed by atoms with Crippen molar-refractivity contribution in [3.05, 3.63) is 70.9 Å². The van der Waals surface area contributed by atoms with Crippen molar-refractivity contribution in [1.29, 1.82) is 0 Å². The molecular formula is C20H19NO4. The van der Waals surface area contributed by atoms with Gasteiger partial charge in [0.15, 0.2) is 5.70 Å². The van der Waals surface area contributed by atoms with Gasteiger partial charge in [-0.05, 0) is 42.8 Å². The number of cyclic esters (lactones) is 1. The van der Waals surface area contributed by atoms with Gasteiger partial charge in [0, 0.05) is 18.2 Å². The Labute approximate surface area is 146 Å². The first kappa shape index (κ1) is 16.9. The second-order valence-electron chi connectivity index (χ2n) is 5.44. The molecule has 0 saturated carbocycles. The van der Waals surface area contributed by atoms with Crippen LogP contribution in [0, 0.1) is 0 Å². The van der Waals surface area contributed by atoms with Crippen LogP contribution in [0.4, 0.5) is 0 Å². The Balaban J connectivity index is 1.97. The van der Waals surface area contributed by atoms with Crippen molar-refractivity contribution in [2.45, 2.75) is 13.5 Å². The lowest BCUT2D eigenvalue weighted by atomic mass is 10.1. The predicted molar refractivity (Wildman–Crippen MR) is 95.4 cm³/mol. The Bertz CT molecular complexity index is 825. The van der Waals surface area contributed by atoms with Gasteiger partial charge in [0.05, 0.1) is 13.2 Å². The maximum absolute atomic E-state index is 12.2. The number of carbonyl (C=O) groups is 1. The first-order valence-corrected chi connectivity index (χ1v) is 8.04. The molecule has 0 radical (unpaired) electrons. The van der Waals surface area contributed by atoms with Crippen LogP contribution in [0.5, 0.6) is 5.75 Å². The van der Waals surface area contributed by atoms with Crippen molar-refractivity contribution in [2.24, 2.45) is 4.99 Å². The first-order chi connectivity index (χ1) is 12.2. The highest BCUT2D eigenvalue weighted by atomic mass is 16.6. The molecule has 1 aliphatic rings. The van der Waals surface area contributed by atoms with Crippen LogP contribution in [0.15, 0.2) is 59.2 Å². The molecule has 0 aliphatic carbocycles. The molecule has 0 atom stereocenters. The Morgan fingerprint density at radius 3 is 2.68 bits per heavy atom. The van der Waals surface area contributed by atoms with Gasteiger partial charge in [0.25, 0.3) is 0 Å². The summed E-state index contributed by atoms with van der Waals surface area (Å²) in [7, 11) is 1.64. The van der Waals surface area contributed by atoms with Crippen molar-refractivity contribution in [2.75, 3.05) is 13.7 Å². The molecule has 5 heteroatoms. The molecule has 0 saturated heterocycles. The van der Waals surface area contributed by atoms with Gasteiger partial charge < -0.3 is 14.2 Å². The topological polar surface area (TPSA) is 57.1 Å². The molecule has 25 heavy (non-hydrogen) atoms. The molecular weight excluding hydrogens is 318 g/mol. The average molecular weight is 337 g/mol. The summed E-state index contributed by atoms with van der Waals surface area (Å²) in [4.78, 5) is 16.5. The summed E-state index contributed by atoms with van der Waals surface area (Å²) in [6.07, 6.45) is 1.68. The van der Waals surface area contributed by atoms with Crippen LogP contribution in [0.1, 0.15) is 23.6 Å². The van der Waals surface area contributed by atoms with E-state index in [0.29, 0.717) is 24.9 Å². The average Bonchev–Trinajstić information content (AvgIpc) is 2.99. The van der Waals surface area contributed by atoms with E-state index in [1.807, 2.05) is 55.5 Å². The van der Waals surface area contributed by atoms with Crippen LogP contribution in [0.2, 0.25) is 0 Å². The lowest BCUT2D eigenvalue weighted by molar-refractivity contribution is -0.129. The number of carbonyl (C=O) groups excluding carboxylic acids is 1. The molecule has 0 unspecified atom stereocenters. The molecule has 0 fully saturated rings. The molecule has 3 rings (SSSR count). The Morgan fingerprint density at radius 2 is 1.96 bits per heavy atom. The SMILES string of the molecule is CCOc1ccc(COC)cc1/C=C1/N=C(c2ccccc2)OC1=O. The zero-order valence-corrected chi connectivity index (χ0v) is 14.2. The maximum Gasteiger partial charge on any atom is 0.363 e. The van der Waals surface area contributed by atoms with Crippen LogP contribution >= 0.6 is 0 Å². The van der Waals surface area contributed by atoms with Crippen molar-refractivity contribution >= 4 is 17.9 Å². The number of nitrogens with zero attached hydrogens (tertiary/aromatic N) is 1. The lowest BCUT2D eigenvalue weighted by Crippen LogP contribution is -2.05. The number of aliphatic imine (C=N–C) groups is 1. The maximum atomic E-state index is 12.2. The van der Waals surface area contributed by atoms with Gasteiger partial charge in [-0.3, -0.25) is 0 Å². The fourth-order valence-corrected chi connectivity index (χ4v) is 2.51. The van der Waals surface area contributed by atoms with Gasteiger partial charge in [0.2, 0.25) is 5.90 Å². The van der Waals surface area contributed by atoms with Crippen LogP contribution in [0.3, 0.4) is 0 Å². The Morgan fingerprint density at radius 1 is 1.16 bits per heavy atom. The number of methoxy groups -OCH3 is 1. The summed E-state index contributed by atoms with van der Waals surface area (Å²) < 4.78 is 16.1. The number of benzene rings is 2. The standard InChI is InChI=1S/C20H19NO4/c1-3-24-18-10-9-14(13-23-2)11-16(18)12-17-20(22)25-19(21-17)15-7-5-4-6-8-15/h4-12H,3,13H2,1-2H3/b17-12+. The molecule has 5 nitrogen and oxygen atoms in total. The molecule has 1 aliphatic heterocycles. The second-order valence-corrected chi connectivity index (χ2v) is 5.44. The van der Waals surface area contributed by atoms with E-state index in [9.17, 15) is 4.79 Å². The number of rotatable bonds is 6. The van der Waals surface area contributed by atoms with Crippen LogP contribution < -0.4 is 4.74 Å². The third-order valence-corrected chi connectivity index (χ3v) is 3.62. The van der Waals surface area contributed by atoms with Crippen LogP contribution in [-0.4, -0.2) is 25.6 Å². The number of hydrogen-bond donors (Lipinski definition) is 0. The minimum atomic E-state index is -0.474. The molecule has 0 bridgehead atoms. The molecule has 0 amide bonds. The second kappa shape index (κ2) is 7.77. The Kier molecular flexibility index (Phi) is 5.26. The number of hydrogen-bond acceptors (Lipinski definition) is 5. The van der Waals surface area contributed by atoms with E-state index in [1.165, 1.54) is 0 Å². The van der Waals surface area contributed by atoms with Gasteiger partial charge >= 0.3 is 5.97 Å². The molecule has 2 aromatic rings. The van der Waals surface area contributed by atoms with Gasteiger partial charge in [-0.2, -0.15) is 0 Å². The molecule has 0 N–H and O–H groups in total. The van der Waals surface area contributed by atoms with E-state index in [0.717, 1.165) is 16.7 Å². The minimum Gasteiger partial charge on any atom is -0.493 e. The van der Waals surface area contributed by atoms with Crippen LogP contribution in [-0.2, 0) is 20.9 Å². The molecule has 2 aromatic carbocycles. The number of esters is 1. The van der Waals surface area contributed by atoms with Crippen molar-refractivity contribution in [3.8, 4) is 5.75 Å². The van der Waals surface area contributed by atoms with Crippen molar-refractivity contribution < 1.29 is 19.0 Å². The third kappa shape index (κ3) is 3.95. The Hall–Kier alpha value is -2.92. The van der Waals surface area contributed by atoms with E-state index >= 15 is 0 Å². The van der Waals surface area contributed by atoms with E-state index < -0.39 is 5.97 Å². The fraction of sp³-hybridized carbons (Fsp3) is 0.200. The summed E-state index contributed by atoms with van der Waals surface area (Å²) in [5.41, 5.74) is 2.75. The van der Waals surface area contributed by atoms with E-state index in [2.05, 4.69) is 4.99 Å². The van der Waals surface area contributed by atoms with E-state index in [-0.39, 0.29) is 5.70 Å². The highest BCUT2D eigenvalue weighted by Crippen LogP contribution is 2.26.